The lowest BCUT2D eigenvalue weighted by Gasteiger charge is -2.43. The first-order valence-electron chi connectivity index (χ1n) is 9.66. The first-order chi connectivity index (χ1) is 15.2. The van der Waals surface area contributed by atoms with Crippen LogP contribution in [0.1, 0.15) is 5.01 Å². The minimum absolute atomic E-state index is 0.00690. The van der Waals surface area contributed by atoms with E-state index in [1.807, 2.05) is 46.8 Å². The fourth-order valence-electron chi connectivity index (χ4n) is 3.38. The third-order valence-electron chi connectivity index (χ3n) is 4.83. The number of carbonyl (C=O) groups is 2. The number of carboxylic acids is 1. The molecule has 1 amide bonds. The van der Waals surface area contributed by atoms with Crippen molar-refractivity contribution in [3.8, 4) is 0 Å². The lowest BCUT2D eigenvalue weighted by Crippen LogP contribution is -2.60. The number of thiazole rings is 1. The molecule has 2 aliphatic rings. The Kier molecular flexibility index (Phi) is 7.82. The van der Waals surface area contributed by atoms with Crippen LogP contribution in [0.4, 0.5) is 18.9 Å². The van der Waals surface area contributed by atoms with Gasteiger partial charge in [-0.15, -0.1) is 11.3 Å². The average molecular weight is 473 g/mol. The van der Waals surface area contributed by atoms with E-state index in [9.17, 15) is 18.0 Å². The molecule has 1 atom stereocenters. The monoisotopic (exact) mass is 473 g/mol. The fourth-order valence-corrected chi connectivity index (χ4v) is 4.04. The number of amides is 1. The number of ether oxygens (including phenoxy) is 2. The molecule has 2 saturated heterocycles. The Morgan fingerprint density at radius 1 is 1.25 bits per heavy atom. The SMILES string of the molecule is O=C(O)C(F)(F)F.O=C1COC2(COCCN(Cc3nccs3)C2)CN1c1ccccc1. The van der Waals surface area contributed by atoms with Crippen LogP contribution in [0.5, 0.6) is 0 Å². The van der Waals surface area contributed by atoms with E-state index >= 15 is 0 Å². The van der Waals surface area contributed by atoms with Gasteiger partial charge in [-0.25, -0.2) is 9.78 Å². The molecular formula is C20H22F3N3O5S. The van der Waals surface area contributed by atoms with Gasteiger partial charge in [-0.2, -0.15) is 13.2 Å². The summed E-state index contributed by atoms with van der Waals surface area (Å²) in [5.74, 6) is -2.76. The van der Waals surface area contributed by atoms with Gasteiger partial charge in [0.2, 0.25) is 0 Å². The molecule has 4 rings (SSSR count). The van der Waals surface area contributed by atoms with Crippen molar-refractivity contribution in [1.29, 1.82) is 0 Å². The van der Waals surface area contributed by atoms with E-state index in [4.69, 9.17) is 19.4 Å². The van der Waals surface area contributed by atoms with E-state index in [0.29, 0.717) is 19.8 Å². The molecule has 32 heavy (non-hydrogen) atoms. The fraction of sp³-hybridized carbons (Fsp3) is 0.450. The van der Waals surface area contributed by atoms with Crippen LogP contribution in [0.3, 0.4) is 0 Å². The van der Waals surface area contributed by atoms with Crippen molar-refractivity contribution < 1.29 is 37.3 Å². The number of anilines is 1. The second kappa shape index (κ2) is 10.4. The van der Waals surface area contributed by atoms with Gasteiger partial charge in [0.15, 0.2) is 0 Å². The van der Waals surface area contributed by atoms with Crippen molar-refractivity contribution in [2.45, 2.75) is 18.3 Å². The highest BCUT2D eigenvalue weighted by atomic mass is 32.1. The van der Waals surface area contributed by atoms with Crippen molar-refractivity contribution in [3.05, 3.63) is 46.9 Å². The molecule has 3 heterocycles. The Hall–Kier alpha value is -2.54. The molecule has 2 aliphatic heterocycles. The molecular weight excluding hydrogens is 451 g/mol. The highest BCUT2D eigenvalue weighted by molar-refractivity contribution is 7.09. The summed E-state index contributed by atoms with van der Waals surface area (Å²) in [5.41, 5.74) is 0.406. The van der Waals surface area contributed by atoms with Gasteiger partial charge in [-0.1, -0.05) is 18.2 Å². The molecule has 0 aliphatic carbocycles. The number of hydrogen-bond donors (Lipinski definition) is 1. The number of benzene rings is 1. The van der Waals surface area contributed by atoms with Gasteiger partial charge in [0.1, 0.15) is 17.2 Å². The molecule has 2 aromatic rings. The Bertz CT molecular complexity index is 898. The number of aliphatic carboxylic acids is 1. The number of nitrogens with zero attached hydrogens (tertiary/aromatic N) is 3. The highest BCUT2D eigenvalue weighted by Gasteiger charge is 2.43. The van der Waals surface area contributed by atoms with Crippen LogP contribution < -0.4 is 4.90 Å². The zero-order chi connectivity index (χ0) is 23.2. The molecule has 0 saturated carbocycles. The molecule has 12 heteroatoms. The summed E-state index contributed by atoms with van der Waals surface area (Å²) in [6.07, 6.45) is -3.25. The summed E-state index contributed by atoms with van der Waals surface area (Å²) in [4.78, 5) is 29.8. The van der Waals surface area contributed by atoms with E-state index < -0.39 is 17.7 Å². The van der Waals surface area contributed by atoms with Crippen molar-refractivity contribution in [2.75, 3.05) is 44.4 Å². The molecule has 1 spiro atoms. The predicted octanol–water partition coefficient (Wildman–Crippen LogP) is 2.41. The van der Waals surface area contributed by atoms with Crippen LogP contribution in [-0.2, 0) is 25.6 Å². The van der Waals surface area contributed by atoms with Crippen LogP contribution in [0, 0.1) is 0 Å². The zero-order valence-corrected chi connectivity index (χ0v) is 17.8. The summed E-state index contributed by atoms with van der Waals surface area (Å²) in [6, 6.07) is 9.77. The minimum atomic E-state index is -5.08. The van der Waals surface area contributed by atoms with Crippen molar-refractivity contribution >= 4 is 28.9 Å². The Morgan fingerprint density at radius 3 is 2.59 bits per heavy atom. The Labute approximate surface area is 186 Å². The number of carboxylic acid groups (broad SMARTS) is 1. The number of alkyl halides is 3. The molecule has 1 aromatic heterocycles. The topological polar surface area (TPSA) is 92.2 Å². The summed E-state index contributed by atoms with van der Waals surface area (Å²) < 4.78 is 43.6. The zero-order valence-electron chi connectivity index (χ0n) is 17.0. The largest absolute Gasteiger partial charge is 0.490 e. The lowest BCUT2D eigenvalue weighted by molar-refractivity contribution is -0.192. The highest BCUT2D eigenvalue weighted by Crippen LogP contribution is 2.27. The van der Waals surface area contributed by atoms with Crippen molar-refractivity contribution in [3.63, 3.8) is 0 Å². The molecule has 0 bridgehead atoms. The number of carbonyl (C=O) groups excluding carboxylic acids is 1. The standard InChI is InChI=1S/C18H21N3O3S.C2HF3O2/c22-17-11-24-18(13-21(17)15-4-2-1-3-5-15)12-20(7-8-23-14-18)10-16-19-6-9-25-16;3-2(4,5)1(6)7/h1-6,9H,7-8,10-14H2;(H,6,7). The number of halogens is 3. The number of rotatable bonds is 3. The van der Waals surface area contributed by atoms with Gasteiger partial charge in [0.05, 0.1) is 26.3 Å². The maximum atomic E-state index is 12.4. The first-order valence-corrected chi connectivity index (χ1v) is 10.5. The Morgan fingerprint density at radius 2 is 1.97 bits per heavy atom. The quantitative estimate of drug-likeness (QED) is 0.732. The van der Waals surface area contributed by atoms with Crippen LogP contribution >= 0.6 is 11.3 Å². The van der Waals surface area contributed by atoms with Gasteiger partial charge in [-0.05, 0) is 12.1 Å². The smallest absolute Gasteiger partial charge is 0.475 e. The number of hydrogen-bond acceptors (Lipinski definition) is 7. The third-order valence-corrected chi connectivity index (χ3v) is 5.59. The summed E-state index contributed by atoms with van der Waals surface area (Å²) in [5, 5.41) is 10.2. The summed E-state index contributed by atoms with van der Waals surface area (Å²) in [7, 11) is 0. The van der Waals surface area contributed by atoms with E-state index in [1.165, 1.54) is 0 Å². The van der Waals surface area contributed by atoms with Gasteiger partial charge in [0.25, 0.3) is 5.91 Å². The second-order valence-corrected chi connectivity index (χ2v) is 8.26. The van der Waals surface area contributed by atoms with Gasteiger partial charge >= 0.3 is 12.1 Å². The number of aromatic nitrogens is 1. The molecule has 8 nitrogen and oxygen atoms in total. The normalized spacial score (nSPS) is 22.2. The summed E-state index contributed by atoms with van der Waals surface area (Å²) in [6.45, 7) is 4.10. The van der Waals surface area contributed by atoms with Gasteiger partial charge in [-0.3, -0.25) is 9.69 Å². The molecule has 2 fully saturated rings. The maximum absolute atomic E-state index is 12.4. The molecule has 1 N–H and O–H groups in total. The molecule has 1 unspecified atom stereocenters. The van der Waals surface area contributed by atoms with Crippen molar-refractivity contribution in [1.82, 2.24) is 9.88 Å². The van der Waals surface area contributed by atoms with Gasteiger partial charge < -0.3 is 19.5 Å². The molecule has 174 valence electrons. The van der Waals surface area contributed by atoms with Crippen LogP contribution in [0.15, 0.2) is 41.9 Å². The predicted molar refractivity (Wildman–Crippen MR) is 109 cm³/mol. The number of morpholine rings is 1. The van der Waals surface area contributed by atoms with E-state index in [1.54, 1.807) is 11.3 Å². The van der Waals surface area contributed by atoms with Crippen LogP contribution in [0.2, 0.25) is 0 Å². The average Bonchev–Trinajstić information content (AvgIpc) is 3.18. The molecule has 0 radical (unpaired) electrons. The first kappa shape index (κ1) is 24.1. The Balaban J connectivity index is 0.000000360. The van der Waals surface area contributed by atoms with E-state index in [0.717, 1.165) is 30.3 Å². The van der Waals surface area contributed by atoms with E-state index in [2.05, 4.69) is 9.88 Å². The number of para-hydroxylation sites is 1. The third kappa shape index (κ3) is 6.48. The summed E-state index contributed by atoms with van der Waals surface area (Å²) >= 11 is 1.66. The van der Waals surface area contributed by atoms with Crippen LogP contribution in [-0.4, -0.2) is 78.1 Å². The van der Waals surface area contributed by atoms with E-state index in [-0.39, 0.29) is 12.5 Å². The van der Waals surface area contributed by atoms with Gasteiger partial charge in [0, 0.05) is 30.4 Å². The van der Waals surface area contributed by atoms with Crippen molar-refractivity contribution in [2.24, 2.45) is 0 Å². The molecule has 1 aromatic carbocycles. The minimum Gasteiger partial charge on any atom is -0.475 e. The van der Waals surface area contributed by atoms with Crippen LogP contribution in [0.25, 0.3) is 0 Å². The second-order valence-electron chi connectivity index (χ2n) is 7.28. The maximum Gasteiger partial charge on any atom is 0.490 e. The lowest BCUT2D eigenvalue weighted by atomic mass is 10.0.